The highest BCUT2D eigenvalue weighted by molar-refractivity contribution is 6.33. The van der Waals surface area contributed by atoms with Gasteiger partial charge in [-0.15, -0.1) is 0 Å². The molecule has 1 N–H and O–H groups in total. The molecule has 26 heavy (non-hydrogen) atoms. The Morgan fingerprint density at radius 2 is 1.85 bits per heavy atom. The number of carbonyl (C=O) groups excluding carboxylic acids is 2. The summed E-state index contributed by atoms with van der Waals surface area (Å²) in [7, 11) is 0. The molecule has 1 amide bonds. The third kappa shape index (κ3) is 5.85. The highest BCUT2D eigenvalue weighted by atomic mass is 35.5. The van der Waals surface area contributed by atoms with Gasteiger partial charge in [0.05, 0.1) is 10.6 Å². The summed E-state index contributed by atoms with van der Waals surface area (Å²) >= 11 is 5.83. The molecule has 0 spiro atoms. The summed E-state index contributed by atoms with van der Waals surface area (Å²) in [4.78, 5) is 24.3. The van der Waals surface area contributed by atoms with Crippen molar-refractivity contribution in [1.82, 2.24) is 5.32 Å². The van der Waals surface area contributed by atoms with E-state index in [4.69, 9.17) is 16.3 Å². The highest BCUT2D eigenvalue weighted by Gasteiger charge is 2.21. The lowest BCUT2D eigenvalue weighted by Gasteiger charge is -2.18. The predicted octanol–water partition coefficient (Wildman–Crippen LogP) is 4.16. The SMILES string of the molecule is C[C@H](CCc1ccccc1)NC(=O)[C@@H](C)OC(=O)c1ccc(F)cc1Cl. The molecule has 0 radical (unpaired) electrons. The molecule has 2 rings (SSSR count). The van der Waals surface area contributed by atoms with Crippen molar-refractivity contribution in [3.05, 3.63) is 70.5 Å². The summed E-state index contributed by atoms with van der Waals surface area (Å²) in [6.45, 7) is 3.38. The fourth-order valence-electron chi connectivity index (χ4n) is 2.39. The van der Waals surface area contributed by atoms with Gasteiger partial charge in [0, 0.05) is 6.04 Å². The van der Waals surface area contributed by atoms with Crippen LogP contribution >= 0.6 is 11.6 Å². The fraction of sp³-hybridized carbons (Fsp3) is 0.300. The first kappa shape index (κ1) is 19.9. The monoisotopic (exact) mass is 377 g/mol. The number of ether oxygens (including phenoxy) is 1. The summed E-state index contributed by atoms with van der Waals surface area (Å²) in [5, 5.41) is 2.76. The van der Waals surface area contributed by atoms with E-state index in [1.54, 1.807) is 0 Å². The van der Waals surface area contributed by atoms with Gasteiger partial charge in [0.15, 0.2) is 6.10 Å². The molecule has 2 aromatic carbocycles. The van der Waals surface area contributed by atoms with Gasteiger partial charge in [-0.1, -0.05) is 41.9 Å². The van der Waals surface area contributed by atoms with Crippen LogP contribution in [-0.2, 0) is 16.0 Å². The first-order valence-electron chi connectivity index (χ1n) is 8.37. The van der Waals surface area contributed by atoms with Crippen molar-refractivity contribution in [3.8, 4) is 0 Å². The van der Waals surface area contributed by atoms with Gasteiger partial charge < -0.3 is 10.1 Å². The zero-order valence-electron chi connectivity index (χ0n) is 14.7. The van der Waals surface area contributed by atoms with Crippen molar-refractivity contribution in [2.75, 3.05) is 0 Å². The van der Waals surface area contributed by atoms with E-state index in [-0.39, 0.29) is 16.6 Å². The lowest BCUT2D eigenvalue weighted by Crippen LogP contribution is -2.41. The Morgan fingerprint density at radius 3 is 2.50 bits per heavy atom. The van der Waals surface area contributed by atoms with Crippen LogP contribution in [-0.4, -0.2) is 24.0 Å². The summed E-state index contributed by atoms with van der Waals surface area (Å²) in [6.07, 6.45) is 0.616. The van der Waals surface area contributed by atoms with E-state index < -0.39 is 23.8 Å². The van der Waals surface area contributed by atoms with Gasteiger partial charge in [-0.25, -0.2) is 9.18 Å². The topological polar surface area (TPSA) is 55.4 Å². The zero-order valence-corrected chi connectivity index (χ0v) is 15.4. The number of hydrogen-bond donors (Lipinski definition) is 1. The molecular weight excluding hydrogens is 357 g/mol. The van der Waals surface area contributed by atoms with Gasteiger partial charge in [0.2, 0.25) is 0 Å². The molecule has 0 aliphatic heterocycles. The first-order valence-corrected chi connectivity index (χ1v) is 8.75. The normalized spacial score (nSPS) is 12.9. The lowest BCUT2D eigenvalue weighted by molar-refractivity contribution is -0.129. The maximum atomic E-state index is 13.0. The Labute approximate surface area is 157 Å². The van der Waals surface area contributed by atoms with E-state index in [0.29, 0.717) is 0 Å². The molecule has 0 unspecified atom stereocenters. The van der Waals surface area contributed by atoms with Crippen molar-refractivity contribution < 1.29 is 18.7 Å². The Hall–Kier alpha value is -2.40. The second kappa shape index (κ2) is 9.34. The molecule has 0 aliphatic rings. The number of nitrogens with one attached hydrogen (secondary N) is 1. The van der Waals surface area contributed by atoms with E-state index in [1.165, 1.54) is 18.6 Å². The van der Waals surface area contributed by atoms with Crippen LogP contribution in [0.25, 0.3) is 0 Å². The molecular formula is C20H21ClFNO3. The van der Waals surface area contributed by atoms with E-state index >= 15 is 0 Å². The van der Waals surface area contributed by atoms with Crippen LogP contribution in [0.1, 0.15) is 36.2 Å². The molecule has 0 aliphatic carbocycles. The van der Waals surface area contributed by atoms with Crippen LogP contribution in [0.4, 0.5) is 4.39 Å². The standard InChI is InChI=1S/C20H21ClFNO3/c1-13(8-9-15-6-4-3-5-7-15)23-19(24)14(2)26-20(25)17-11-10-16(22)12-18(17)21/h3-7,10-14H,8-9H2,1-2H3,(H,23,24)/t13-,14-/m1/s1. The number of rotatable bonds is 7. The first-order chi connectivity index (χ1) is 12.4. The average molecular weight is 378 g/mol. The third-order valence-electron chi connectivity index (χ3n) is 3.90. The molecule has 0 bridgehead atoms. The Bertz CT molecular complexity index is 767. The Kier molecular flexibility index (Phi) is 7.16. The number of amides is 1. The van der Waals surface area contributed by atoms with Crippen molar-refractivity contribution in [1.29, 1.82) is 0 Å². The van der Waals surface area contributed by atoms with Crippen molar-refractivity contribution in [2.24, 2.45) is 0 Å². The fourth-order valence-corrected chi connectivity index (χ4v) is 2.64. The molecule has 6 heteroatoms. The van der Waals surface area contributed by atoms with Crippen LogP contribution in [0.3, 0.4) is 0 Å². The van der Waals surface area contributed by atoms with Gasteiger partial charge >= 0.3 is 5.97 Å². The number of aryl methyl sites for hydroxylation is 1. The largest absolute Gasteiger partial charge is 0.449 e. The lowest BCUT2D eigenvalue weighted by atomic mass is 10.1. The second-order valence-electron chi connectivity index (χ2n) is 6.11. The van der Waals surface area contributed by atoms with Crippen molar-refractivity contribution in [2.45, 2.75) is 38.8 Å². The number of halogens is 2. The molecule has 2 aromatic rings. The number of esters is 1. The summed E-state index contributed by atoms with van der Waals surface area (Å²) in [5.41, 5.74) is 1.21. The minimum Gasteiger partial charge on any atom is -0.449 e. The minimum atomic E-state index is -0.984. The molecule has 0 aromatic heterocycles. The molecule has 0 saturated heterocycles. The van der Waals surface area contributed by atoms with Crippen LogP contribution < -0.4 is 5.32 Å². The average Bonchev–Trinajstić information content (AvgIpc) is 2.60. The molecule has 0 heterocycles. The van der Waals surface area contributed by atoms with E-state index in [9.17, 15) is 14.0 Å². The number of carbonyl (C=O) groups is 2. The second-order valence-corrected chi connectivity index (χ2v) is 6.51. The molecule has 138 valence electrons. The Morgan fingerprint density at radius 1 is 1.15 bits per heavy atom. The van der Waals surface area contributed by atoms with Gasteiger partial charge in [-0.2, -0.15) is 0 Å². The summed E-state index contributed by atoms with van der Waals surface area (Å²) < 4.78 is 18.2. The minimum absolute atomic E-state index is 0.0184. The van der Waals surface area contributed by atoms with Crippen LogP contribution in [0.2, 0.25) is 5.02 Å². The van der Waals surface area contributed by atoms with Gasteiger partial charge in [0.25, 0.3) is 5.91 Å². The molecule has 2 atom stereocenters. The zero-order chi connectivity index (χ0) is 19.1. The smallest absolute Gasteiger partial charge is 0.340 e. The van der Waals surface area contributed by atoms with E-state index in [0.717, 1.165) is 25.0 Å². The number of benzene rings is 2. The van der Waals surface area contributed by atoms with E-state index in [2.05, 4.69) is 5.32 Å². The van der Waals surface area contributed by atoms with Crippen molar-refractivity contribution >= 4 is 23.5 Å². The highest BCUT2D eigenvalue weighted by Crippen LogP contribution is 2.18. The van der Waals surface area contributed by atoms with Gasteiger partial charge in [-0.3, -0.25) is 4.79 Å². The molecule has 4 nitrogen and oxygen atoms in total. The van der Waals surface area contributed by atoms with Crippen LogP contribution in [0.5, 0.6) is 0 Å². The predicted molar refractivity (Wildman–Crippen MR) is 98.7 cm³/mol. The van der Waals surface area contributed by atoms with Crippen LogP contribution in [0.15, 0.2) is 48.5 Å². The van der Waals surface area contributed by atoms with Crippen molar-refractivity contribution in [3.63, 3.8) is 0 Å². The number of hydrogen-bond acceptors (Lipinski definition) is 3. The molecule has 0 fully saturated rings. The maximum Gasteiger partial charge on any atom is 0.340 e. The summed E-state index contributed by atoms with van der Waals surface area (Å²) in [6, 6.07) is 13.3. The maximum absolute atomic E-state index is 13.0. The molecule has 0 saturated carbocycles. The Balaban J connectivity index is 1.83. The van der Waals surface area contributed by atoms with Gasteiger partial charge in [-0.05, 0) is 50.5 Å². The van der Waals surface area contributed by atoms with Gasteiger partial charge in [0.1, 0.15) is 5.82 Å². The summed E-state index contributed by atoms with van der Waals surface area (Å²) in [5.74, 6) is -1.71. The van der Waals surface area contributed by atoms with E-state index in [1.807, 2.05) is 37.3 Å². The third-order valence-corrected chi connectivity index (χ3v) is 4.21. The quantitative estimate of drug-likeness (QED) is 0.737. The van der Waals surface area contributed by atoms with Crippen LogP contribution in [0, 0.1) is 5.82 Å².